The van der Waals surface area contributed by atoms with Crippen LogP contribution in [0.1, 0.15) is 63.4 Å². The first-order chi connectivity index (χ1) is 14.2. The molecule has 0 atom stereocenters. The van der Waals surface area contributed by atoms with Crippen LogP contribution in [0.4, 0.5) is 0 Å². The van der Waals surface area contributed by atoms with Crippen molar-refractivity contribution in [1.29, 1.82) is 0 Å². The van der Waals surface area contributed by atoms with E-state index in [0.29, 0.717) is 18.4 Å². The van der Waals surface area contributed by atoms with E-state index in [1.165, 1.54) is 0 Å². The second kappa shape index (κ2) is 7.56. The maximum absolute atomic E-state index is 12.8. The van der Waals surface area contributed by atoms with Gasteiger partial charge < -0.3 is 10.3 Å². The molecule has 30 heavy (non-hydrogen) atoms. The van der Waals surface area contributed by atoms with Crippen molar-refractivity contribution in [3.05, 3.63) is 82.4 Å². The van der Waals surface area contributed by atoms with Crippen LogP contribution in [0.3, 0.4) is 0 Å². The summed E-state index contributed by atoms with van der Waals surface area (Å²) >= 11 is 0. The minimum absolute atomic E-state index is 0.0655. The first-order valence-electron chi connectivity index (χ1n) is 10.3. The van der Waals surface area contributed by atoms with Gasteiger partial charge in [0.25, 0.3) is 0 Å². The van der Waals surface area contributed by atoms with E-state index in [2.05, 4.69) is 23.4 Å². The molecule has 2 N–H and O–H groups in total. The third-order valence-corrected chi connectivity index (χ3v) is 5.93. The average Bonchev–Trinajstić information content (AvgIpc) is 3.02. The van der Waals surface area contributed by atoms with Crippen molar-refractivity contribution in [3.8, 4) is 5.69 Å². The molecule has 0 saturated carbocycles. The number of nitrogens with two attached hydrogens (primary N) is 1. The Hall–Kier alpha value is -3.21. The Bertz CT molecular complexity index is 1130. The molecule has 0 radical (unpaired) electrons. The number of hydrogen-bond donors (Lipinski definition) is 1. The molecule has 0 bridgehead atoms. The smallest absolute Gasteiger partial charge is 0.248 e. The summed E-state index contributed by atoms with van der Waals surface area (Å²) in [7, 11) is 0. The standard InChI is InChI=1S/C25H27N3O2/c1-16-15-28(21-13-25(2,3)14-22(29)23(16)21)19-6-7-20(24(26)30)18(12-19)5-4-17-8-10-27-11-9-17/h6-12,15H,4-5,13-14H2,1-3H3,(H2,26,30). The number of ketones is 1. The summed E-state index contributed by atoms with van der Waals surface area (Å²) in [5.74, 6) is -0.211. The van der Waals surface area contributed by atoms with Crippen LogP contribution in [0.2, 0.25) is 0 Å². The molecule has 1 aliphatic rings. The molecule has 0 spiro atoms. The SMILES string of the molecule is Cc1cn(-c2ccc(C(N)=O)c(CCc3ccncc3)c2)c2c1C(=O)CC(C)(C)C2. The highest BCUT2D eigenvalue weighted by atomic mass is 16.1. The highest BCUT2D eigenvalue weighted by Gasteiger charge is 2.34. The number of fused-ring (bicyclic) bond motifs is 1. The third kappa shape index (κ3) is 3.80. The number of aromatic nitrogens is 2. The summed E-state index contributed by atoms with van der Waals surface area (Å²) in [6.45, 7) is 6.27. The lowest BCUT2D eigenvalue weighted by molar-refractivity contribution is 0.0909. The van der Waals surface area contributed by atoms with Crippen molar-refractivity contribution in [3.63, 3.8) is 0 Å². The molecular weight excluding hydrogens is 374 g/mol. The van der Waals surface area contributed by atoms with Crippen LogP contribution in [0.15, 0.2) is 48.9 Å². The minimum atomic E-state index is -0.423. The molecule has 3 aromatic rings. The van der Waals surface area contributed by atoms with Crippen LogP contribution >= 0.6 is 0 Å². The van der Waals surface area contributed by atoms with Crippen LogP contribution < -0.4 is 5.73 Å². The number of pyridine rings is 1. The zero-order valence-corrected chi connectivity index (χ0v) is 17.7. The van der Waals surface area contributed by atoms with Gasteiger partial charge in [-0.2, -0.15) is 0 Å². The van der Waals surface area contributed by atoms with Gasteiger partial charge in [0.2, 0.25) is 5.91 Å². The quantitative estimate of drug-likeness (QED) is 0.695. The van der Waals surface area contributed by atoms with E-state index >= 15 is 0 Å². The summed E-state index contributed by atoms with van der Waals surface area (Å²) in [6, 6.07) is 9.71. The molecule has 0 unspecified atom stereocenters. The van der Waals surface area contributed by atoms with Crippen LogP contribution in [0.25, 0.3) is 5.69 Å². The van der Waals surface area contributed by atoms with Crippen molar-refractivity contribution >= 4 is 11.7 Å². The number of Topliss-reactive ketones (excluding diaryl/α,β-unsaturated/α-hetero) is 1. The normalized spacial score (nSPS) is 15.1. The Morgan fingerprint density at radius 2 is 1.87 bits per heavy atom. The molecule has 154 valence electrons. The van der Waals surface area contributed by atoms with Gasteiger partial charge in [0.1, 0.15) is 0 Å². The van der Waals surface area contributed by atoms with Crippen LogP contribution in [-0.2, 0) is 19.3 Å². The summed E-state index contributed by atoms with van der Waals surface area (Å²) in [6.07, 6.45) is 8.48. The van der Waals surface area contributed by atoms with Crippen molar-refractivity contribution in [2.45, 2.75) is 46.5 Å². The van der Waals surface area contributed by atoms with Gasteiger partial charge in [-0.25, -0.2) is 0 Å². The Balaban J connectivity index is 1.75. The molecule has 5 heteroatoms. The minimum Gasteiger partial charge on any atom is -0.366 e. The molecular formula is C25H27N3O2. The molecule has 4 rings (SSSR count). The Kier molecular flexibility index (Phi) is 5.06. The summed E-state index contributed by atoms with van der Waals surface area (Å²) in [5, 5.41) is 0. The van der Waals surface area contributed by atoms with Gasteiger partial charge in [-0.3, -0.25) is 14.6 Å². The predicted molar refractivity (Wildman–Crippen MR) is 117 cm³/mol. The Morgan fingerprint density at radius 3 is 2.57 bits per heavy atom. The lowest BCUT2D eigenvalue weighted by Crippen LogP contribution is -2.28. The molecule has 1 aromatic carbocycles. The maximum atomic E-state index is 12.8. The van der Waals surface area contributed by atoms with E-state index in [1.807, 2.05) is 37.4 Å². The average molecular weight is 402 g/mol. The zero-order valence-electron chi connectivity index (χ0n) is 17.7. The largest absolute Gasteiger partial charge is 0.366 e. The number of carbonyl (C=O) groups is 2. The molecule has 0 fully saturated rings. The van der Waals surface area contributed by atoms with Gasteiger partial charge >= 0.3 is 0 Å². The molecule has 1 amide bonds. The van der Waals surface area contributed by atoms with Crippen molar-refractivity contribution in [2.75, 3.05) is 0 Å². The van der Waals surface area contributed by atoms with Crippen LogP contribution in [-0.4, -0.2) is 21.2 Å². The predicted octanol–water partition coefficient (Wildman–Crippen LogP) is 4.22. The van der Waals surface area contributed by atoms with Crippen molar-refractivity contribution < 1.29 is 9.59 Å². The van der Waals surface area contributed by atoms with Gasteiger partial charge in [0.05, 0.1) is 0 Å². The fourth-order valence-electron chi connectivity index (χ4n) is 4.51. The van der Waals surface area contributed by atoms with Gasteiger partial charge in [-0.1, -0.05) is 13.8 Å². The summed E-state index contributed by atoms with van der Waals surface area (Å²) in [4.78, 5) is 28.8. The number of primary amides is 1. The van der Waals surface area contributed by atoms with E-state index in [4.69, 9.17) is 5.73 Å². The zero-order chi connectivity index (χ0) is 21.5. The number of carbonyl (C=O) groups excluding carboxylic acids is 2. The number of hydrogen-bond acceptors (Lipinski definition) is 3. The van der Waals surface area contributed by atoms with Crippen LogP contribution in [0.5, 0.6) is 0 Å². The van der Waals surface area contributed by atoms with Crippen molar-refractivity contribution in [1.82, 2.24) is 9.55 Å². The number of rotatable bonds is 5. The number of aryl methyl sites for hydroxylation is 3. The van der Waals surface area contributed by atoms with E-state index in [0.717, 1.165) is 46.5 Å². The molecule has 0 saturated heterocycles. The highest BCUT2D eigenvalue weighted by Crippen LogP contribution is 2.38. The Morgan fingerprint density at radius 1 is 1.13 bits per heavy atom. The van der Waals surface area contributed by atoms with Gasteiger partial charge in [0.15, 0.2) is 5.78 Å². The number of benzene rings is 1. The molecule has 0 aliphatic heterocycles. The Labute approximate surface area is 176 Å². The van der Waals surface area contributed by atoms with E-state index in [1.54, 1.807) is 18.5 Å². The van der Waals surface area contributed by atoms with Gasteiger partial charge in [0, 0.05) is 47.5 Å². The summed E-state index contributed by atoms with van der Waals surface area (Å²) in [5.41, 5.74) is 12.1. The molecule has 5 nitrogen and oxygen atoms in total. The molecule has 1 aliphatic carbocycles. The molecule has 2 aromatic heterocycles. The topological polar surface area (TPSA) is 78.0 Å². The van der Waals surface area contributed by atoms with E-state index in [-0.39, 0.29) is 11.2 Å². The lowest BCUT2D eigenvalue weighted by atomic mass is 9.75. The number of nitrogens with zero attached hydrogens (tertiary/aromatic N) is 2. The van der Waals surface area contributed by atoms with Crippen molar-refractivity contribution in [2.24, 2.45) is 11.1 Å². The third-order valence-electron chi connectivity index (χ3n) is 5.93. The van der Waals surface area contributed by atoms with E-state index < -0.39 is 5.91 Å². The fourth-order valence-corrected chi connectivity index (χ4v) is 4.51. The van der Waals surface area contributed by atoms with Gasteiger partial charge in [-0.15, -0.1) is 0 Å². The second-order valence-electron chi connectivity index (χ2n) is 9.01. The van der Waals surface area contributed by atoms with Crippen LogP contribution in [0, 0.1) is 12.3 Å². The fraction of sp³-hybridized carbons (Fsp3) is 0.320. The first-order valence-corrected chi connectivity index (χ1v) is 10.3. The first kappa shape index (κ1) is 20.1. The molecule has 2 heterocycles. The maximum Gasteiger partial charge on any atom is 0.248 e. The van der Waals surface area contributed by atoms with E-state index in [9.17, 15) is 9.59 Å². The monoisotopic (exact) mass is 401 g/mol. The second-order valence-corrected chi connectivity index (χ2v) is 9.01. The summed E-state index contributed by atoms with van der Waals surface area (Å²) < 4.78 is 2.12. The number of amides is 1. The highest BCUT2D eigenvalue weighted by molar-refractivity contribution is 6.00. The lowest BCUT2D eigenvalue weighted by Gasteiger charge is -2.30. The van der Waals surface area contributed by atoms with Gasteiger partial charge in [-0.05, 0) is 78.6 Å².